The molecule has 0 radical (unpaired) electrons. The molecule has 2 fully saturated rings. The Kier molecular flexibility index (Phi) is 5.94. The lowest BCUT2D eigenvalue weighted by Crippen LogP contribution is -2.86. The molecule has 0 N–H and O–H groups in total. The number of likely N-dealkylation sites (N-methyl/N-ethyl adjacent to an activating group) is 1. The zero-order valence-electron chi connectivity index (χ0n) is 22.1. The number of methoxy groups -OCH3 is 1. The van der Waals surface area contributed by atoms with Gasteiger partial charge >= 0.3 is 18.1 Å². The molecule has 2 aromatic carbocycles. The summed E-state index contributed by atoms with van der Waals surface area (Å²) in [4.78, 5) is 40.5. The first kappa shape index (κ1) is 26.9. The van der Waals surface area contributed by atoms with Gasteiger partial charge < -0.3 is 14.2 Å². The van der Waals surface area contributed by atoms with Crippen LogP contribution in [-0.2, 0) is 30.7 Å². The Hall–Kier alpha value is -3.31. The molecule has 7 rings (SSSR count). The highest BCUT2D eigenvalue weighted by molar-refractivity contribution is 7.99. The van der Waals surface area contributed by atoms with E-state index >= 15 is 0 Å². The zero-order valence-corrected chi connectivity index (χ0v) is 22.9. The second kappa shape index (κ2) is 8.84. The van der Waals surface area contributed by atoms with E-state index in [9.17, 15) is 27.6 Å². The second-order valence-electron chi connectivity index (χ2n) is 10.8. The van der Waals surface area contributed by atoms with Crippen LogP contribution in [0, 0.1) is 5.92 Å². The summed E-state index contributed by atoms with van der Waals surface area (Å²) in [5.41, 5.74) is -0.493. The van der Waals surface area contributed by atoms with Crippen molar-refractivity contribution < 1.29 is 41.8 Å². The van der Waals surface area contributed by atoms with Crippen molar-refractivity contribution in [3.05, 3.63) is 64.9 Å². The molecule has 210 valence electrons. The van der Waals surface area contributed by atoms with Crippen molar-refractivity contribution in [2.75, 3.05) is 14.2 Å². The number of hydrogen-bond donors (Lipinski definition) is 0. The number of rotatable bonds is 5. The van der Waals surface area contributed by atoms with E-state index in [4.69, 9.17) is 14.2 Å². The number of carbonyl (C=O) groups excluding carboxylic acids is 3. The van der Waals surface area contributed by atoms with Gasteiger partial charge in [-0.2, -0.15) is 13.2 Å². The summed E-state index contributed by atoms with van der Waals surface area (Å²) in [5.74, 6) is -0.991. The second-order valence-corrected chi connectivity index (χ2v) is 12.0. The number of Topliss-reactive ketones (excluding diaryl/α,β-unsaturated/α-hetero) is 1. The minimum atomic E-state index is -4.45. The van der Waals surface area contributed by atoms with Crippen molar-refractivity contribution in [3.8, 4) is 11.5 Å². The molecular formula is C29H26F3NO6S. The molecule has 0 aromatic heterocycles. The van der Waals surface area contributed by atoms with Gasteiger partial charge in [0.25, 0.3) is 0 Å². The highest BCUT2D eigenvalue weighted by atomic mass is 32.2. The molecule has 7 nitrogen and oxygen atoms in total. The van der Waals surface area contributed by atoms with E-state index in [-0.39, 0.29) is 46.7 Å². The maximum atomic E-state index is 13.4. The Morgan fingerprint density at radius 1 is 1.05 bits per heavy atom. The number of esters is 2. The third-order valence-corrected chi connectivity index (χ3v) is 10.1. The number of likely N-dealkylation sites (tertiary alicyclic amines) is 1. The number of fused-ring (bicyclic) bond motifs is 3. The van der Waals surface area contributed by atoms with Crippen LogP contribution in [0.4, 0.5) is 13.2 Å². The molecule has 4 aliphatic carbocycles. The number of carbonyl (C=O) groups is 3. The van der Waals surface area contributed by atoms with Crippen molar-refractivity contribution in [1.82, 2.24) is 4.90 Å². The van der Waals surface area contributed by atoms with Gasteiger partial charge in [-0.3, -0.25) is 19.3 Å². The fourth-order valence-electron chi connectivity index (χ4n) is 7.43. The van der Waals surface area contributed by atoms with Gasteiger partial charge in [0.1, 0.15) is 0 Å². The predicted molar refractivity (Wildman–Crippen MR) is 138 cm³/mol. The Bertz CT molecular complexity index is 1490. The standard InChI is InChI=1S/C29H26F3NO6S/c1-14(34)38-20-10-9-18-22(24(20)39-15(2)35)27-11-19(36)21(37-4)12-28(13-27)26(27)23(33(28)3)25(18)40-17-7-5-16(6-8-17)29(30,31)32/h5-10,12,23,25-26H,11,13H2,1-4H3. The normalized spacial score (nSPS) is 30.0. The number of alkyl halides is 3. The first-order chi connectivity index (χ1) is 18.8. The molecule has 1 aliphatic heterocycles. The Morgan fingerprint density at radius 3 is 2.33 bits per heavy atom. The summed E-state index contributed by atoms with van der Waals surface area (Å²) in [7, 11) is 3.44. The number of piperidine rings is 1. The maximum absolute atomic E-state index is 13.4. The molecular weight excluding hydrogens is 547 g/mol. The highest BCUT2D eigenvalue weighted by Crippen LogP contribution is 2.77. The number of nitrogens with zero attached hydrogens (tertiary/aromatic N) is 1. The molecule has 1 saturated carbocycles. The summed E-state index contributed by atoms with van der Waals surface area (Å²) < 4.78 is 56.2. The largest absolute Gasteiger partial charge is 0.493 e. The van der Waals surface area contributed by atoms with Crippen molar-refractivity contribution in [1.29, 1.82) is 0 Å². The van der Waals surface area contributed by atoms with Gasteiger partial charge in [0.05, 0.1) is 17.9 Å². The molecule has 2 spiro atoms. The lowest BCUT2D eigenvalue weighted by molar-refractivity contribution is -0.224. The van der Waals surface area contributed by atoms with Crippen molar-refractivity contribution in [2.45, 2.75) is 60.0 Å². The van der Waals surface area contributed by atoms with E-state index in [0.29, 0.717) is 16.9 Å². The molecule has 11 heteroatoms. The summed E-state index contributed by atoms with van der Waals surface area (Å²) in [6, 6.07) is 8.32. The van der Waals surface area contributed by atoms with E-state index < -0.39 is 34.6 Å². The minimum Gasteiger partial charge on any atom is -0.493 e. The number of thioether (sulfide) groups is 1. The molecule has 5 atom stereocenters. The van der Waals surface area contributed by atoms with Crippen LogP contribution in [-0.4, -0.2) is 48.4 Å². The van der Waals surface area contributed by atoms with E-state index in [0.717, 1.165) is 17.7 Å². The summed E-state index contributed by atoms with van der Waals surface area (Å²) in [6.45, 7) is 2.49. The van der Waals surface area contributed by atoms with Crippen LogP contribution < -0.4 is 9.47 Å². The van der Waals surface area contributed by atoms with E-state index in [1.165, 1.54) is 44.9 Å². The minimum absolute atomic E-state index is 0.0667. The van der Waals surface area contributed by atoms with Crippen LogP contribution in [0.25, 0.3) is 0 Å². The van der Waals surface area contributed by atoms with Crippen LogP contribution in [0.1, 0.15) is 48.6 Å². The molecule has 5 unspecified atom stereocenters. The molecule has 1 saturated heterocycles. The average Bonchev–Trinajstić information content (AvgIpc) is 3.06. The summed E-state index contributed by atoms with van der Waals surface area (Å²) in [5, 5.41) is -0.281. The number of benzene rings is 2. The SMILES string of the molecule is COC1=CC23CC4(CC1=O)c1c(ccc(OC(C)=O)c1OC(C)=O)C(Sc1ccc(C(F)(F)F)cc1)C(C42)N3C. The van der Waals surface area contributed by atoms with Gasteiger partial charge in [0, 0.05) is 53.6 Å². The van der Waals surface area contributed by atoms with Gasteiger partial charge in [0.2, 0.25) is 0 Å². The van der Waals surface area contributed by atoms with Crippen molar-refractivity contribution >= 4 is 29.5 Å². The van der Waals surface area contributed by atoms with Gasteiger partial charge in [-0.1, -0.05) is 6.07 Å². The number of hydrogen-bond acceptors (Lipinski definition) is 8. The third kappa shape index (κ3) is 3.66. The van der Waals surface area contributed by atoms with Crippen LogP contribution in [0.5, 0.6) is 11.5 Å². The lowest BCUT2D eigenvalue weighted by Gasteiger charge is -2.79. The Morgan fingerprint density at radius 2 is 1.73 bits per heavy atom. The first-order valence-electron chi connectivity index (χ1n) is 12.7. The zero-order chi connectivity index (χ0) is 28.8. The highest BCUT2D eigenvalue weighted by Gasteiger charge is 2.80. The number of allylic oxidation sites excluding steroid dienone is 1. The lowest BCUT2D eigenvalue weighted by atomic mass is 9.36. The van der Waals surface area contributed by atoms with Gasteiger partial charge in [-0.05, 0) is 55.4 Å². The van der Waals surface area contributed by atoms with Crippen LogP contribution in [0.3, 0.4) is 0 Å². The van der Waals surface area contributed by atoms with Crippen LogP contribution in [0.2, 0.25) is 0 Å². The quantitative estimate of drug-likeness (QED) is 0.356. The Labute approximate surface area is 232 Å². The fourth-order valence-corrected chi connectivity index (χ4v) is 8.82. The van der Waals surface area contributed by atoms with Crippen molar-refractivity contribution in [2.24, 2.45) is 5.92 Å². The number of ketones is 1. The molecule has 5 aliphatic rings. The molecule has 2 aromatic rings. The van der Waals surface area contributed by atoms with Crippen LogP contribution >= 0.6 is 11.8 Å². The monoisotopic (exact) mass is 573 g/mol. The van der Waals surface area contributed by atoms with E-state index in [1.54, 1.807) is 12.1 Å². The summed E-state index contributed by atoms with van der Waals surface area (Å²) in [6.07, 6.45) is -1.88. The van der Waals surface area contributed by atoms with E-state index in [2.05, 4.69) is 4.90 Å². The van der Waals surface area contributed by atoms with Crippen molar-refractivity contribution in [3.63, 3.8) is 0 Å². The predicted octanol–water partition coefficient (Wildman–Crippen LogP) is 5.22. The number of halogens is 3. The van der Waals surface area contributed by atoms with Gasteiger partial charge in [-0.25, -0.2) is 0 Å². The average molecular weight is 574 g/mol. The molecule has 0 amide bonds. The molecule has 2 bridgehead atoms. The molecule has 1 heterocycles. The maximum Gasteiger partial charge on any atom is 0.416 e. The third-order valence-electron chi connectivity index (χ3n) is 8.74. The topological polar surface area (TPSA) is 82.1 Å². The fraction of sp³-hybridized carbons (Fsp3) is 0.414. The van der Waals surface area contributed by atoms with Gasteiger partial charge in [0.15, 0.2) is 23.0 Å². The van der Waals surface area contributed by atoms with Crippen LogP contribution in [0.15, 0.2) is 53.1 Å². The summed E-state index contributed by atoms with van der Waals surface area (Å²) >= 11 is 1.42. The van der Waals surface area contributed by atoms with Gasteiger partial charge in [-0.15, -0.1) is 11.8 Å². The van der Waals surface area contributed by atoms with E-state index in [1.807, 2.05) is 13.1 Å². The first-order valence-corrected chi connectivity index (χ1v) is 13.6. The molecule has 40 heavy (non-hydrogen) atoms. The Balaban J connectivity index is 1.54. The number of ether oxygens (including phenoxy) is 3. The smallest absolute Gasteiger partial charge is 0.416 e.